The molecule has 0 aliphatic heterocycles. The summed E-state index contributed by atoms with van der Waals surface area (Å²) in [5, 5.41) is 7.81. The third kappa shape index (κ3) is 4.30. The van der Waals surface area contributed by atoms with Gasteiger partial charge in [-0.25, -0.2) is 4.98 Å². The van der Waals surface area contributed by atoms with E-state index in [-0.39, 0.29) is 5.60 Å². The molecule has 1 fully saturated rings. The van der Waals surface area contributed by atoms with Crippen molar-refractivity contribution >= 4 is 5.71 Å². The minimum atomic E-state index is -0.301. The summed E-state index contributed by atoms with van der Waals surface area (Å²) in [6.45, 7) is 7.93. The van der Waals surface area contributed by atoms with Crippen molar-refractivity contribution in [2.75, 3.05) is 7.05 Å². The van der Waals surface area contributed by atoms with Crippen LogP contribution in [0.15, 0.2) is 16.0 Å². The number of oxime groups is 1. The van der Waals surface area contributed by atoms with Gasteiger partial charge in [-0.2, -0.15) is 0 Å². The summed E-state index contributed by atoms with van der Waals surface area (Å²) in [5.74, 6) is 1.20. The Morgan fingerprint density at radius 3 is 2.48 bits per heavy atom. The van der Waals surface area contributed by atoms with Crippen molar-refractivity contribution in [3.8, 4) is 0 Å². The Balaban J connectivity index is 2.19. The fraction of sp³-hybridized carbons (Fsp3) is 0.750. The van der Waals surface area contributed by atoms with Gasteiger partial charge in [0.25, 0.3) is 0 Å². The van der Waals surface area contributed by atoms with Crippen LogP contribution in [0.2, 0.25) is 0 Å². The van der Waals surface area contributed by atoms with Crippen LogP contribution in [0.3, 0.4) is 0 Å². The first kappa shape index (κ1) is 16.0. The van der Waals surface area contributed by atoms with Gasteiger partial charge >= 0.3 is 0 Å². The quantitative estimate of drug-likeness (QED) is 0.683. The number of rotatable bonds is 4. The summed E-state index contributed by atoms with van der Waals surface area (Å²) in [4.78, 5) is 10.0. The molecular formula is C16H27N3O2. The molecule has 1 heterocycles. The van der Waals surface area contributed by atoms with Gasteiger partial charge in [0.2, 0.25) is 0 Å². The fourth-order valence-electron chi connectivity index (χ4n) is 2.70. The molecule has 0 aromatic carbocycles. The van der Waals surface area contributed by atoms with Crippen LogP contribution in [0.25, 0.3) is 0 Å². The van der Waals surface area contributed by atoms with E-state index < -0.39 is 0 Å². The zero-order valence-corrected chi connectivity index (χ0v) is 13.8. The van der Waals surface area contributed by atoms with Gasteiger partial charge in [-0.3, -0.25) is 0 Å². The molecule has 0 amide bonds. The number of oxazole rings is 1. The Morgan fingerprint density at radius 1 is 1.33 bits per heavy atom. The van der Waals surface area contributed by atoms with Crippen molar-refractivity contribution in [1.82, 2.24) is 10.3 Å². The zero-order chi connectivity index (χ0) is 15.5. The van der Waals surface area contributed by atoms with E-state index in [1.54, 1.807) is 0 Å². The van der Waals surface area contributed by atoms with Gasteiger partial charge in [-0.1, -0.05) is 5.16 Å². The number of aryl methyl sites for hydroxylation is 1. The third-order valence-corrected chi connectivity index (χ3v) is 3.93. The Bertz CT molecular complexity index is 480. The van der Waals surface area contributed by atoms with Gasteiger partial charge in [0.15, 0.2) is 6.39 Å². The molecule has 5 nitrogen and oxygen atoms in total. The fourth-order valence-corrected chi connectivity index (χ4v) is 2.70. The van der Waals surface area contributed by atoms with Crippen LogP contribution >= 0.6 is 0 Å². The maximum absolute atomic E-state index is 5.67. The average molecular weight is 293 g/mol. The first-order valence-corrected chi connectivity index (χ1v) is 7.74. The average Bonchev–Trinajstić information content (AvgIpc) is 2.85. The van der Waals surface area contributed by atoms with Crippen LogP contribution in [0, 0.1) is 12.8 Å². The molecule has 0 bridgehead atoms. The predicted octanol–water partition coefficient (Wildman–Crippen LogP) is 3.28. The van der Waals surface area contributed by atoms with Gasteiger partial charge in [-0.05, 0) is 60.4 Å². The summed E-state index contributed by atoms with van der Waals surface area (Å²) >= 11 is 0. The van der Waals surface area contributed by atoms with E-state index in [0.717, 1.165) is 42.8 Å². The summed E-state index contributed by atoms with van der Waals surface area (Å²) in [7, 11) is 2.03. The Hall–Kier alpha value is -1.36. The van der Waals surface area contributed by atoms with Gasteiger partial charge in [0.05, 0.1) is 0 Å². The van der Waals surface area contributed by atoms with Gasteiger partial charge in [0.1, 0.15) is 22.8 Å². The molecule has 0 saturated heterocycles. The van der Waals surface area contributed by atoms with Crippen LogP contribution in [0.4, 0.5) is 0 Å². The second kappa shape index (κ2) is 6.60. The lowest BCUT2D eigenvalue weighted by atomic mass is 9.82. The standard InChI is InChI=1S/C16H27N3O2/c1-11-14(18-10-20-11)15(19-21-16(2,3)4)12-6-8-13(17-5)9-7-12/h10,12-13,17H,6-9H2,1-5H3/b19-15-. The highest BCUT2D eigenvalue weighted by atomic mass is 16.6. The van der Waals surface area contributed by atoms with Crippen molar-refractivity contribution in [3.05, 3.63) is 17.8 Å². The summed E-state index contributed by atoms with van der Waals surface area (Å²) in [6.07, 6.45) is 6.00. The molecule has 1 aliphatic rings. The molecular weight excluding hydrogens is 266 g/mol. The normalized spacial score (nSPS) is 24.1. The SMILES string of the molecule is CNC1CCC(/C(=N/OC(C)(C)C)c2ncoc2C)CC1. The molecule has 5 heteroatoms. The first-order chi connectivity index (χ1) is 9.90. The molecule has 0 atom stereocenters. The Kier molecular flexibility index (Phi) is 5.04. The molecule has 1 saturated carbocycles. The van der Waals surface area contributed by atoms with E-state index in [2.05, 4.69) is 15.5 Å². The molecule has 1 N–H and O–H groups in total. The van der Waals surface area contributed by atoms with Crippen molar-refractivity contribution in [2.24, 2.45) is 11.1 Å². The van der Waals surface area contributed by atoms with Crippen molar-refractivity contribution in [1.29, 1.82) is 0 Å². The summed E-state index contributed by atoms with van der Waals surface area (Å²) < 4.78 is 5.35. The molecule has 2 rings (SSSR count). The van der Waals surface area contributed by atoms with Crippen LogP contribution in [-0.2, 0) is 4.84 Å². The molecule has 118 valence electrons. The Labute approximate surface area is 127 Å². The maximum Gasteiger partial charge on any atom is 0.181 e. The number of hydrogen-bond acceptors (Lipinski definition) is 5. The smallest absolute Gasteiger partial charge is 0.181 e. The lowest BCUT2D eigenvalue weighted by Crippen LogP contribution is -2.33. The van der Waals surface area contributed by atoms with E-state index in [0.29, 0.717) is 12.0 Å². The predicted molar refractivity (Wildman–Crippen MR) is 83.4 cm³/mol. The lowest BCUT2D eigenvalue weighted by Gasteiger charge is -2.29. The molecule has 1 aromatic rings. The largest absolute Gasteiger partial charge is 0.448 e. The molecule has 1 aromatic heterocycles. The van der Waals surface area contributed by atoms with Gasteiger partial charge < -0.3 is 14.6 Å². The molecule has 0 unspecified atom stereocenters. The minimum absolute atomic E-state index is 0.301. The van der Waals surface area contributed by atoms with E-state index in [4.69, 9.17) is 9.25 Å². The van der Waals surface area contributed by atoms with Crippen molar-refractivity contribution < 1.29 is 9.25 Å². The zero-order valence-electron chi connectivity index (χ0n) is 13.8. The van der Waals surface area contributed by atoms with E-state index >= 15 is 0 Å². The van der Waals surface area contributed by atoms with Crippen LogP contribution < -0.4 is 5.32 Å². The van der Waals surface area contributed by atoms with Crippen LogP contribution in [0.5, 0.6) is 0 Å². The summed E-state index contributed by atoms with van der Waals surface area (Å²) in [6, 6.07) is 0.615. The van der Waals surface area contributed by atoms with Gasteiger partial charge in [0, 0.05) is 12.0 Å². The summed E-state index contributed by atoms with van der Waals surface area (Å²) in [5.41, 5.74) is 1.48. The number of nitrogens with zero attached hydrogens (tertiary/aromatic N) is 2. The molecule has 21 heavy (non-hydrogen) atoms. The second-order valence-electron chi connectivity index (χ2n) is 6.77. The number of nitrogens with one attached hydrogen (secondary N) is 1. The molecule has 1 aliphatic carbocycles. The minimum Gasteiger partial charge on any atom is -0.448 e. The molecule has 0 spiro atoms. The monoisotopic (exact) mass is 293 g/mol. The second-order valence-corrected chi connectivity index (χ2v) is 6.77. The topological polar surface area (TPSA) is 59.7 Å². The van der Waals surface area contributed by atoms with Crippen molar-refractivity contribution in [3.63, 3.8) is 0 Å². The molecule has 0 radical (unpaired) electrons. The maximum atomic E-state index is 5.67. The van der Waals surface area contributed by atoms with Gasteiger partial charge in [-0.15, -0.1) is 0 Å². The number of hydrogen-bond donors (Lipinski definition) is 1. The van der Waals surface area contributed by atoms with E-state index in [1.165, 1.54) is 6.39 Å². The highest BCUT2D eigenvalue weighted by Crippen LogP contribution is 2.29. The van der Waals surface area contributed by atoms with E-state index in [9.17, 15) is 0 Å². The first-order valence-electron chi connectivity index (χ1n) is 7.74. The van der Waals surface area contributed by atoms with Crippen LogP contribution in [-0.4, -0.2) is 29.4 Å². The number of aromatic nitrogens is 1. The van der Waals surface area contributed by atoms with Crippen LogP contribution in [0.1, 0.15) is 57.9 Å². The Morgan fingerprint density at radius 2 is 2.00 bits per heavy atom. The van der Waals surface area contributed by atoms with E-state index in [1.807, 2.05) is 34.7 Å². The highest BCUT2D eigenvalue weighted by Gasteiger charge is 2.28. The highest BCUT2D eigenvalue weighted by molar-refractivity contribution is 6.01. The third-order valence-electron chi connectivity index (χ3n) is 3.93. The van der Waals surface area contributed by atoms with Crippen molar-refractivity contribution in [2.45, 2.75) is 65.0 Å². The lowest BCUT2D eigenvalue weighted by molar-refractivity contribution is -0.000101.